The van der Waals surface area contributed by atoms with Crippen LogP contribution in [0.15, 0.2) is 0 Å². The fourth-order valence-corrected chi connectivity index (χ4v) is 5.09. The summed E-state index contributed by atoms with van der Waals surface area (Å²) in [4.78, 5) is 12.9. The molecular formula is C20H37ClN2O5S. The van der Waals surface area contributed by atoms with Gasteiger partial charge in [-0.2, -0.15) is 0 Å². The van der Waals surface area contributed by atoms with Gasteiger partial charge < -0.3 is 30.7 Å². The van der Waals surface area contributed by atoms with E-state index < -0.39 is 41.3 Å². The summed E-state index contributed by atoms with van der Waals surface area (Å²) in [5.74, 6) is 0.473. The molecule has 0 saturated carbocycles. The normalized spacial score (nSPS) is 38.1. The molecule has 9 unspecified atom stereocenters. The summed E-state index contributed by atoms with van der Waals surface area (Å²) in [5, 5.41) is 36.5. The van der Waals surface area contributed by atoms with Crippen molar-refractivity contribution in [2.45, 2.75) is 99.7 Å². The number of nitrogens with one attached hydrogen (secondary N) is 2. The van der Waals surface area contributed by atoms with Crippen LogP contribution >= 0.6 is 23.4 Å². The third kappa shape index (κ3) is 6.69. The van der Waals surface area contributed by atoms with Crippen LogP contribution in [0.1, 0.15) is 52.4 Å². The van der Waals surface area contributed by atoms with Gasteiger partial charge in [-0.1, -0.05) is 26.2 Å². The Bertz CT molecular complexity index is 513. The van der Waals surface area contributed by atoms with E-state index in [4.69, 9.17) is 16.3 Å². The van der Waals surface area contributed by atoms with E-state index in [1.807, 2.05) is 0 Å². The molecule has 1 amide bonds. The van der Waals surface area contributed by atoms with E-state index in [1.54, 1.807) is 13.2 Å². The minimum absolute atomic E-state index is 0.171. The second-order valence-corrected chi connectivity index (χ2v) is 9.89. The van der Waals surface area contributed by atoms with Crippen molar-refractivity contribution in [1.82, 2.24) is 10.6 Å². The van der Waals surface area contributed by atoms with Crippen LogP contribution in [0.4, 0.5) is 0 Å². The van der Waals surface area contributed by atoms with Gasteiger partial charge in [0.25, 0.3) is 0 Å². The maximum atomic E-state index is 12.9. The predicted molar refractivity (Wildman–Crippen MR) is 116 cm³/mol. The maximum absolute atomic E-state index is 12.9. The van der Waals surface area contributed by atoms with E-state index in [-0.39, 0.29) is 11.9 Å². The second kappa shape index (κ2) is 12.1. The van der Waals surface area contributed by atoms with Gasteiger partial charge >= 0.3 is 0 Å². The fraction of sp³-hybridized carbons (Fsp3) is 0.950. The van der Waals surface area contributed by atoms with Crippen LogP contribution in [0.2, 0.25) is 0 Å². The van der Waals surface area contributed by atoms with Gasteiger partial charge in [-0.3, -0.25) is 4.79 Å². The molecule has 9 heteroatoms. The zero-order valence-electron chi connectivity index (χ0n) is 17.6. The Balaban J connectivity index is 2.01. The number of hydrogen-bond donors (Lipinski definition) is 5. The van der Waals surface area contributed by atoms with E-state index >= 15 is 0 Å². The number of thioether (sulfide) groups is 1. The van der Waals surface area contributed by atoms with Crippen LogP contribution < -0.4 is 10.6 Å². The van der Waals surface area contributed by atoms with Crippen molar-refractivity contribution in [3.8, 4) is 0 Å². The molecule has 0 aromatic rings. The van der Waals surface area contributed by atoms with Crippen LogP contribution in [0.25, 0.3) is 0 Å². The maximum Gasteiger partial charge on any atom is 0.237 e. The van der Waals surface area contributed by atoms with E-state index in [0.29, 0.717) is 5.92 Å². The Hall–Kier alpha value is -0.0900. The molecule has 2 heterocycles. The zero-order valence-corrected chi connectivity index (χ0v) is 19.2. The average molecular weight is 453 g/mol. The molecule has 0 aromatic carbocycles. The summed E-state index contributed by atoms with van der Waals surface area (Å²) in [6.45, 7) is 4.71. The lowest BCUT2D eigenvalue weighted by molar-refractivity contribution is -0.205. The van der Waals surface area contributed by atoms with Crippen LogP contribution in [-0.4, -0.2) is 81.3 Å². The predicted octanol–water partition coefficient (Wildman–Crippen LogP) is 1.22. The highest BCUT2D eigenvalue weighted by atomic mass is 35.5. The number of rotatable bonds is 8. The molecule has 2 saturated heterocycles. The molecule has 2 fully saturated rings. The largest absolute Gasteiger partial charge is 0.388 e. The van der Waals surface area contributed by atoms with Crippen LogP contribution in [0, 0.1) is 5.92 Å². The SMILES string of the molecule is CCCCC1CCNC(C(=O)NC(C(C)Cl)C2OC(SC)C(O)C(O)C2O)CC1. The number of halogens is 1. The van der Waals surface area contributed by atoms with Crippen molar-refractivity contribution in [1.29, 1.82) is 0 Å². The van der Waals surface area contributed by atoms with Crippen molar-refractivity contribution in [2.75, 3.05) is 12.8 Å². The minimum atomic E-state index is -1.36. The van der Waals surface area contributed by atoms with Gasteiger partial charge in [-0.15, -0.1) is 23.4 Å². The van der Waals surface area contributed by atoms with E-state index in [9.17, 15) is 20.1 Å². The first kappa shape index (κ1) is 25.2. The number of ether oxygens (including phenoxy) is 1. The quantitative estimate of drug-likeness (QED) is 0.352. The van der Waals surface area contributed by atoms with Gasteiger partial charge in [0, 0.05) is 0 Å². The third-order valence-electron chi connectivity index (χ3n) is 6.09. The Morgan fingerprint density at radius 3 is 2.59 bits per heavy atom. The monoisotopic (exact) mass is 452 g/mol. The van der Waals surface area contributed by atoms with Gasteiger partial charge in [-0.05, 0) is 44.9 Å². The third-order valence-corrected chi connectivity index (χ3v) is 7.21. The molecule has 0 aliphatic carbocycles. The summed E-state index contributed by atoms with van der Waals surface area (Å²) < 4.78 is 5.81. The molecule has 0 radical (unpaired) electrons. The van der Waals surface area contributed by atoms with Crippen molar-refractivity contribution < 1.29 is 24.9 Å². The molecule has 9 atom stereocenters. The number of carbonyl (C=O) groups is 1. The highest BCUT2D eigenvalue weighted by Crippen LogP contribution is 2.30. The van der Waals surface area contributed by atoms with E-state index in [1.165, 1.54) is 31.0 Å². The summed E-state index contributed by atoms with van der Waals surface area (Å²) >= 11 is 7.57. The van der Waals surface area contributed by atoms with Crippen molar-refractivity contribution >= 4 is 29.3 Å². The first-order valence-corrected chi connectivity index (χ1v) is 12.4. The second-order valence-electron chi connectivity index (χ2n) is 8.27. The van der Waals surface area contributed by atoms with Crippen molar-refractivity contribution in [2.24, 2.45) is 5.92 Å². The molecule has 2 aliphatic rings. The highest BCUT2D eigenvalue weighted by molar-refractivity contribution is 7.99. The minimum Gasteiger partial charge on any atom is -0.388 e. The van der Waals surface area contributed by atoms with Gasteiger partial charge in [0.2, 0.25) is 5.91 Å². The molecular weight excluding hydrogens is 416 g/mol. The molecule has 170 valence electrons. The number of unbranched alkanes of at least 4 members (excludes halogenated alkanes) is 1. The zero-order chi connectivity index (χ0) is 21.6. The first-order chi connectivity index (χ1) is 13.8. The molecule has 7 nitrogen and oxygen atoms in total. The van der Waals surface area contributed by atoms with Gasteiger partial charge in [0.1, 0.15) is 29.9 Å². The summed E-state index contributed by atoms with van der Waals surface area (Å²) in [7, 11) is 0. The molecule has 2 rings (SSSR count). The van der Waals surface area contributed by atoms with E-state index in [0.717, 1.165) is 25.8 Å². The Labute approximate surface area is 183 Å². The van der Waals surface area contributed by atoms with Crippen molar-refractivity contribution in [3.63, 3.8) is 0 Å². The number of aliphatic hydroxyl groups is 3. The topological polar surface area (TPSA) is 111 Å². The van der Waals surface area contributed by atoms with Crippen LogP contribution in [0.5, 0.6) is 0 Å². The fourth-order valence-electron chi connectivity index (χ4n) is 4.20. The average Bonchev–Trinajstić information content (AvgIpc) is 2.95. The molecule has 5 N–H and O–H groups in total. The lowest BCUT2D eigenvalue weighted by Gasteiger charge is -2.44. The molecule has 0 bridgehead atoms. The number of hydrogen-bond acceptors (Lipinski definition) is 7. The lowest BCUT2D eigenvalue weighted by atomic mass is 9.92. The van der Waals surface area contributed by atoms with Gasteiger partial charge in [0.05, 0.1) is 17.5 Å². The summed E-state index contributed by atoms with van der Waals surface area (Å²) in [6, 6.07) is -1.01. The van der Waals surface area contributed by atoms with Crippen LogP contribution in [-0.2, 0) is 9.53 Å². The van der Waals surface area contributed by atoms with Crippen LogP contribution in [0.3, 0.4) is 0 Å². The summed E-state index contributed by atoms with van der Waals surface area (Å²) in [6.07, 6.45) is 3.36. The number of carbonyl (C=O) groups excluding carboxylic acids is 1. The Morgan fingerprint density at radius 1 is 1.24 bits per heavy atom. The number of aliphatic hydroxyl groups excluding tert-OH is 3. The number of amides is 1. The van der Waals surface area contributed by atoms with Gasteiger partial charge in [0.15, 0.2) is 0 Å². The number of alkyl halides is 1. The Morgan fingerprint density at radius 2 is 1.97 bits per heavy atom. The molecule has 0 spiro atoms. The summed E-state index contributed by atoms with van der Waals surface area (Å²) in [5.41, 5.74) is -0.705. The Kier molecular flexibility index (Phi) is 10.5. The van der Waals surface area contributed by atoms with Gasteiger partial charge in [-0.25, -0.2) is 0 Å². The molecule has 29 heavy (non-hydrogen) atoms. The smallest absolute Gasteiger partial charge is 0.237 e. The standard InChI is InChI=1S/C20H37ClN2O5S/c1-4-5-6-12-7-8-13(22-10-9-12)19(27)23-14(11(2)21)18-16(25)15(24)17(26)20(28-18)29-3/h11-18,20,22,24-26H,4-10H2,1-3H3,(H,23,27). The first-order valence-electron chi connectivity index (χ1n) is 10.7. The van der Waals surface area contributed by atoms with Crippen molar-refractivity contribution in [3.05, 3.63) is 0 Å². The van der Waals surface area contributed by atoms with E-state index in [2.05, 4.69) is 17.6 Å². The highest BCUT2D eigenvalue weighted by Gasteiger charge is 2.48. The lowest BCUT2D eigenvalue weighted by Crippen LogP contribution is -2.65. The molecule has 0 aromatic heterocycles. The molecule has 2 aliphatic heterocycles.